The van der Waals surface area contributed by atoms with Crippen LogP contribution in [-0.2, 0) is 22.6 Å². The van der Waals surface area contributed by atoms with Crippen molar-refractivity contribution in [3.05, 3.63) is 53.9 Å². The highest BCUT2D eigenvalue weighted by Gasteiger charge is 2.23. The number of hydrogen-bond donors (Lipinski definition) is 1. The first-order valence-electron chi connectivity index (χ1n) is 12.1. The molecule has 7 heteroatoms. The number of nitrogens with one attached hydrogen (secondary N) is 1. The maximum atomic E-state index is 6.17. The van der Waals surface area contributed by atoms with E-state index >= 15 is 0 Å². The second kappa shape index (κ2) is 12.0. The van der Waals surface area contributed by atoms with Crippen molar-refractivity contribution in [1.29, 1.82) is 0 Å². The molecule has 32 heavy (non-hydrogen) atoms. The molecule has 174 valence electrons. The van der Waals surface area contributed by atoms with Gasteiger partial charge in [0, 0.05) is 38.0 Å². The summed E-state index contributed by atoms with van der Waals surface area (Å²) in [6, 6.07) is 10.4. The molecule has 0 spiro atoms. The van der Waals surface area contributed by atoms with E-state index in [1.165, 1.54) is 18.4 Å². The number of benzene rings is 1. The number of piperidine rings is 1. The quantitative estimate of drug-likeness (QED) is 0.504. The molecule has 0 radical (unpaired) electrons. The van der Waals surface area contributed by atoms with Crippen LogP contribution < -0.4 is 5.32 Å². The van der Waals surface area contributed by atoms with Crippen LogP contribution in [0.25, 0.3) is 0 Å². The summed E-state index contributed by atoms with van der Waals surface area (Å²) in [6.07, 6.45) is 10.3. The lowest BCUT2D eigenvalue weighted by Gasteiger charge is -2.35. The van der Waals surface area contributed by atoms with E-state index in [4.69, 9.17) is 14.5 Å². The fourth-order valence-electron chi connectivity index (χ4n) is 4.35. The monoisotopic (exact) mass is 439 g/mol. The highest BCUT2D eigenvalue weighted by molar-refractivity contribution is 5.80. The number of ether oxygens (including phenoxy) is 2. The van der Waals surface area contributed by atoms with Gasteiger partial charge < -0.3 is 19.7 Å². The Balaban J connectivity index is 1.25. The third-order valence-electron chi connectivity index (χ3n) is 6.15. The summed E-state index contributed by atoms with van der Waals surface area (Å²) in [6.45, 7) is 7.96. The minimum Gasteiger partial charge on any atom is -0.376 e. The molecule has 3 heterocycles. The summed E-state index contributed by atoms with van der Waals surface area (Å²) < 4.78 is 13.9. The Morgan fingerprint density at radius 1 is 1.16 bits per heavy atom. The number of nitrogens with zero attached hydrogens (tertiary/aromatic N) is 4. The summed E-state index contributed by atoms with van der Waals surface area (Å²) in [4.78, 5) is 7.25. The van der Waals surface area contributed by atoms with Crippen LogP contribution in [0.2, 0.25) is 0 Å². The van der Waals surface area contributed by atoms with Gasteiger partial charge in [-0.15, -0.1) is 0 Å². The highest BCUT2D eigenvalue weighted by Crippen LogP contribution is 2.18. The van der Waals surface area contributed by atoms with Crippen LogP contribution in [-0.4, -0.2) is 65.7 Å². The van der Waals surface area contributed by atoms with Crippen molar-refractivity contribution in [2.24, 2.45) is 4.99 Å². The second-order valence-electron chi connectivity index (χ2n) is 8.71. The lowest BCUT2D eigenvalue weighted by atomic mass is 10.1. The highest BCUT2D eigenvalue weighted by atomic mass is 16.5. The smallest absolute Gasteiger partial charge is 0.194 e. The number of aromatic nitrogens is 2. The van der Waals surface area contributed by atoms with E-state index in [9.17, 15) is 0 Å². The molecule has 0 aliphatic carbocycles. The topological polar surface area (TPSA) is 63.9 Å². The lowest BCUT2D eigenvalue weighted by Crippen LogP contribution is -2.47. The zero-order valence-corrected chi connectivity index (χ0v) is 19.3. The summed E-state index contributed by atoms with van der Waals surface area (Å²) in [5, 5.41) is 7.96. The van der Waals surface area contributed by atoms with E-state index in [0.29, 0.717) is 18.8 Å². The molecular weight excluding hydrogens is 402 g/mol. The molecule has 0 amide bonds. The van der Waals surface area contributed by atoms with E-state index < -0.39 is 0 Å². The van der Waals surface area contributed by atoms with Gasteiger partial charge in [-0.1, -0.05) is 30.3 Å². The predicted octanol–water partition coefficient (Wildman–Crippen LogP) is 3.45. The molecule has 1 aromatic heterocycles. The molecule has 2 aromatic rings. The normalized spacial score (nSPS) is 20.5. The van der Waals surface area contributed by atoms with Gasteiger partial charge in [0.2, 0.25) is 0 Å². The number of hydrogen-bond acceptors (Lipinski definition) is 4. The third kappa shape index (κ3) is 6.81. The molecule has 1 N–H and O–H groups in total. The van der Waals surface area contributed by atoms with Crippen molar-refractivity contribution >= 4 is 5.96 Å². The minimum absolute atomic E-state index is 0.295. The first-order chi connectivity index (χ1) is 15.8. The average molecular weight is 440 g/mol. The van der Waals surface area contributed by atoms with Crippen molar-refractivity contribution in [3.8, 4) is 0 Å². The number of rotatable bonds is 8. The molecule has 2 aliphatic heterocycles. The van der Waals surface area contributed by atoms with E-state index in [0.717, 1.165) is 70.2 Å². The molecule has 7 nitrogen and oxygen atoms in total. The van der Waals surface area contributed by atoms with Crippen molar-refractivity contribution in [3.63, 3.8) is 0 Å². The van der Waals surface area contributed by atoms with E-state index in [2.05, 4.69) is 52.7 Å². The van der Waals surface area contributed by atoms with E-state index in [1.807, 2.05) is 16.9 Å². The summed E-state index contributed by atoms with van der Waals surface area (Å²) in [5.74, 6) is 0.984. The third-order valence-corrected chi connectivity index (χ3v) is 6.15. The summed E-state index contributed by atoms with van der Waals surface area (Å²) >= 11 is 0. The molecule has 1 unspecified atom stereocenters. The van der Waals surface area contributed by atoms with Crippen molar-refractivity contribution in [1.82, 2.24) is 20.0 Å². The van der Waals surface area contributed by atoms with Crippen LogP contribution in [0.4, 0.5) is 0 Å². The number of aliphatic imine (C=N–C) groups is 1. The second-order valence-corrected chi connectivity index (χ2v) is 8.71. The Hall–Kier alpha value is -2.38. The van der Waals surface area contributed by atoms with Crippen LogP contribution >= 0.6 is 0 Å². The first-order valence-corrected chi connectivity index (χ1v) is 12.1. The van der Waals surface area contributed by atoms with Crippen molar-refractivity contribution in [2.75, 3.05) is 32.8 Å². The van der Waals surface area contributed by atoms with Gasteiger partial charge in [-0.25, -0.2) is 4.99 Å². The summed E-state index contributed by atoms with van der Waals surface area (Å²) in [7, 11) is 0. The van der Waals surface area contributed by atoms with Crippen LogP contribution in [0.1, 0.15) is 50.2 Å². The van der Waals surface area contributed by atoms with Crippen LogP contribution in [0.3, 0.4) is 0 Å². The van der Waals surface area contributed by atoms with E-state index in [-0.39, 0.29) is 0 Å². The molecule has 2 aliphatic rings. The van der Waals surface area contributed by atoms with Gasteiger partial charge in [-0.3, -0.25) is 4.68 Å². The standard InChI is InChI=1S/C25H37N5O2/c1-2-26-25(27-16-22-17-28-30(19-22)18-21-8-4-3-5-9-21)29-13-11-23(12-14-29)32-20-24-10-6-7-15-31-24/h3-5,8-9,17,19,23-24H,2,6-7,10-16,18,20H2,1H3,(H,26,27). The number of likely N-dealkylation sites (tertiary alicyclic amines) is 1. The Morgan fingerprint density at radius 2 is 2.00 bits per heavy atom. The molecular formula is C25H37N5O2. The van der Waals surface area contributed by atoms with E-state index in [1.54, 1.807) is 0 Å². The molecule has 1 atom stereocenters. The maximum absolute atomic E-state index is 6.17. The van der Waals surface area contributed by atoms with Crippen molar-refractivity contribution < 1.29 is 9.47 Å². The lowest BCUT2D eigenvalue weighted by molar-refractivity contribution is -0.0721. The maximum Gasteiger partial charge on any atom is 0.194 e. The molecule has 4 rings (SSSR count). The van der Waals surface area contributed by atoms with Gasteiger partial charge >= 0.3 is 0 Å². The Kier molecular flexibility index (Phi) is 8.56. The fourth-order valence-corrected chi connectivity index (χ4v) is 4.35. The Labute approximate surface area is 191 Å². The van der Waals surface area contributed by atoms with Crippen LogP contribution in [0.5, 0.6) is 0 Å². The fraction of sp³-hybridized carbons (Fsp3) is 0.600. The van der Waals surface area contributed by atoms with Crippen LogP contribution in [0, 0.1) is 0 Å². The van der Waals surface area contributed by atoms with Crippen LogP contribution in [0.15, 0.2) is 47.7 Å². The molecule has 2 saturated heterocycles. The molecule has 0 saturated carbocycles. The number of guanidine groups is 1. The average Bonchev–Trinajstić information content (AvgIpc) is 3.29. The zero-order chi connectivity index (χ0) is 22.0. The zero-order valence-electron chi connectivity index (χ0n) is 19.3. The predicted molar refractivity (Wildman–Crippen MR) is 127 cm³/mol. The van der Waals surface area contributed by atoms with Gasteiger partial charge in [0.15, 0.2) is 5.96 Å². The van der Waals surface area contributed by atoms with Gasteiger partial charge in [-0.05, 0) is 44.6 Å². The molecule has 1 aromatic carbocycles. The first kappa shape index (κ1) is 22.8. The van der Waals surface area contributed by atoms with Gasteiger partial charge in [-0.2, -0.15) is 5.10 Å². The van der Waals surface area contributed by atoms with Gasteiger partial charge in [0.25, 0.3) is 0 Å². The summed E-state index contributed by atoms with van der Waals surface area (Å²) in [5.41, 5.74) is 2.38. The molecule has 0 bridgehead atoms. The SMILES string of the molecule is CCNC(=NCc1cnn(Cc2ccccc2)c1)N1CCC(OCC2CCCCO2)CC1. The minimum atomic E-state index is 0.295. The van der Waals surface area contributed by atoms with Gasteiger partial charge in [0.1, 0.15) is 0 Å². The largest absolute Gasteiger partial charge is 0.376 e. The molecule has 2 fully saturated rings. The van der Waals surface area contributed by atoms with Crippen molar-refractivity contribution in [2.45, 2.75) is 64.3 Å². The Bertz CT molecular complexity index is 824. The Morgan fingerprint density at radius 3 is 2.75 bits per heavy atom. The van der Waals surface area contributed by atoms with Gasteiger partial charge in [0.05, 0.1) is 38.1 Å².